The van der Waals surface area contributed by atoms with Crippen molar-refractivity contribution in [3.05, 3.63) is 47.0 Å². The second-order valence-corrected chi connectivity index (χ2v) is 6.30. The van der Waals surface area contributed by atoms with Crippen LogP contribution in [0.1, 0.15) is 33.7 Å². The van der Waals surface area contributed by atoms with Crippen LogP contribution in [0.15, 0.2) is 24.5 Å². The van der Waals surface area contributed by atoms with Gasteiger partial charge in [-0.25, -0.2) is 9.50 Å². The number of nitrogens with one attached hydrogen (secondary N) is 2. The van der Waals surface area contributed by atoms with Gasteiger partial charge in [-0.15, -0.1) is 0 Å². The van der Waals surface area contributed by atoms with Gasteiger partial charge in [0, 0.05) is 23.4 Å². The molecule has 3 aromatic rings. The summed E-state index contributed by atoms with van der Waals surface area (Å²) < 4.78 is 12.1. The Kier molecular flexibility index (Phi) is 4.52. The number of rotatable bonds is 4. The Morgan fingerprint density at radius 3 is 2.86 bits per heavy atom. The molecule has 0 saturated carbocycles. The summed E-state index contributed by atoms with van der Waals surface area (Å²) in [5.74, 6) is 0.862. The second-order valence-electron chi connectivity index (χ2n) is 6.30. The minimum atomic E-state index is -0.440. The van der Waals surface area contributed by atoms with Gasteiger partial charge < -0.3 is 9.47 Å². The third kappa shape index (κ3) is 3.31. The molecule has 10 nitrogen and oxygen atoms in total. The van der Waals surface area contributed by atoms with Crippen LogP contribution in [0, 0.1) is 13.8 Å². The summed E-state index contributed by atoms with van der Waals surface area (Å²) in [7, 11) is 0. The molecule has 0 atom stereocenters. The number of ether oxygens (including phenoxy) is 2. The highest BCUT2D eigenvalue weighted by molar-refractivity contribution is 5.96. The Bertz CT molecular complexity index is 1080. The van der Waals surface area contributed by atoms with Gasteiger partial charge in [-0.3, -0.25) is 20.4 Å². The number of nitrogens with zero attached hydrogens (tertiary/aromatic N) is 4. The third-order valence-electron chi connectivity index (χ3n) is 4.54. The first kappa shape index (κ1) is 17.7. The van der Waals surface area contributed by atoms with Gasteiger partial charge in [0.05, 0.1) is 0 Å². The van der Waals surface area contributed by atoms with Crippen molar-refractivity contribution in [1.29, 1.82) is 0 Å². The van der Waals surface area contributed by atoms with Crippen LogP contribution >= 0.6 is 0 Å². The number of hydrazine groups is 1. The van der Waals surface area contributed by atoms with Gasteiger partial charge in [0.25, 0.3) is 11.7 Å². The Hall–Kier alpha value is -3.69. The van der Waals surface area contributed by atoms with Crippen LogP contribution in [-0.2, 0) is 11.2 Å². The van der Waals surface area contributed by atoms with E-state index in [9.17, 15) is 9.59 Å². The van der Waals surface area contributed by atoms with Crippen LogP contribution in [0.5, 0.6) is 11.5 Å². The molecular weight excluding hydrogens is 364 g/mol. The summed E-state index contributed by atoms with van der Waals surface area (Å²) in [5.41, 5.74) is 7.80. The molecule has 0 radical (unpaired) electrons. The van der Waals surface area contributed by atoms with E-state index in [-0.39, 0.29) is 19.1 Å². The molecular formula is C18H18N6O4. The number of hydrogen-bond acceptors (Lipinski definition) is 7. The smallest absolute Gasteiger partial charge is 0.269 e. The zero-order valence-corrected chi connectivity index (χ0v) is 15.4. The van der Waals surface area contributed by atoms with Crippen LogP contribution in [0.3, 0.4) is 0 Å². The van der Waals surface area contributed by atoms with Crippen molar-refractivity contribution in [2.24, 2.45) is 0 Å². The first-order chi connectivity index (χ1) is 13.5. The van der Waals surface area contributed by atoms with Gasteiger partial charge in [0.1, 0.15) is 6.33 Å². The summed E-state index contributed by atoms with van der Waals surface area (Å²) in [5, 5.41) is 4.13. The highest BCUT2D eigenvalue weighted by atomic mass is 16.7. The summed E-state index contributed by atoms with van der Waals surface area (Å²) >= 11 is 0. The fraction of sp³-hybridized carbons (Fsp3) is 0.278. The van der Waals surface area contributed by atoms with Gasteiger partial charge >= 0.3 is 0 Å². The van der Waals surface area contributed by atoms with Crippen LogP contribution in [0.4, 0.5) is 0 Å². The molecule has 0 aliphatic carbocycles. The molecule has 0 fully saturated rings. The van der Waals surface area contributed by atoms with E-state index in [1.807, 2.05) is 13.8 Å². The fourth-order valence-corrected chi connectivity index (χ4v) is 3.05. The molecule has 10 heteroatoms. The number of aryl methyl sites for hydroxylation is 2. The van der Waals surface area contributed by atoms with E-state index >= 15 is 0 Å². The molecule has 2 N–H and O–H groups in total. The van der Waals surface area contributed by atoms with Crippen molar-refractivity contribution >= 4 is 17.6 Å². The summed E-state index contributed by atoms with van der Waals surface area (Å²) in [6, 6.07) is 4.81. The molecule has 28 heavy (non-hydrogen) atoms. The topological polar surface area (TPSA) is 120 Å². The molecule has 3 heterocycles. The number of hydrogen-bond donors (Lipinski definition) is 2. The lowest BCUT2D eigenvalue weighted by atomic mass is 10.1. The number of amides is 2. The Balaban J connectivity index is 1.34. The standard InChI is InChI=1S/C18H18N6O4/c1-10-13(11(2)24-18(21-10)19-8-20-24)4-6-16(25)22-23-17(26)12-3-5-14-15(7-12)28-9-27-14/h3,5,7-8H,4,6,9H2,1-2H3,(H,22,25)(H,23,26). The van der Waals surface area contributed by atoms with Crippen LogP contribution in [0.2, 0.25) is 0 Å². The molecule has 1 aliphatic heterocycles. The lowest BCUT2D eigenvalue weighted by Gasteiger charge is -2.11. The first-order valence-corrected chi connectivity index (χ1v) is 8.67. The molecule has 144 valence electrons. The van der Waals surface area contributed by atoms with Crippen LogP contribution in [0.25, 0.3) is 5.78 Å². The van der Waals surface area contributed by atoms with Gasteiger partial charge in [0.15, 0.2) is 11.5 Å². The van der Waals surface area contributed by atoms with E-state index in [0.717, 1.165) is 17.0 Å². The highest BCUT2D eigenvalue weighted by Gasteiger charge is 2.17. The highest BCUT2D eigenvalue weighted by Crippen LogP contribution is 2.32. The largest absolute Gasteiger partial charge is 0.454 e. The predicted molar refractivity (Wildman–Crippen MR) is 96.8 cm³/mol. The third-order valence-corrected chi connectivity index (χ3v) is 4.54. The van der Waals surface area contributed by atoms with Gasteiger partial charge in [0.2, 0.25) is 12.7 Å². The predicted octanol–water partition coefficient (Wildman–Crippen LogP) is 0.864. The Morgan fingerprint density at radius 2 is 2.00 bits per heavy atom. The van der Waals surface area contributed by atoms with Crippen molar-refractivity contribution in [3.8, 4) is 11.5 Å². The van der Waals surface area contributed by atoms with Crippen molar-refractivity contribution < 1.29 is 19.1 Å². The quantitative estimate of drug-likeness (QED) is 0.642. The molecule has 0 spiro atoms. The maximum absolute atomic E-state index is 12.2. The van der Waals surface area contributed by atoms with E-state index in [2.05, 4.69) is 25.9 Å². The molecule has 4 rings (SSSR count). The average molecular weight is 382 g/mol. The summed E-state index contributed by atoms with van der Waals surface area (Å²) in [4.78, 5) is 32.8. The molecule has 1 aliphatic rings. The zero-order chi connectivity index (χ0) is 19.7. The number of carbonyl (C=O) groups excluding carboxylic acids is 2. The number of benzene rings is 1. The van der Waals surface area contributed by atoms with E-state index in [4.69, 9.17) is 9.47 Å². The first-order valence-electron chi connectivity index (χ1n) is 8.67. The zero-order valence-electron chi connectivity index (χ0n) is 15.4. The Labute approximate surface area is 159 Å². The molecule has 2 aromatic heterocycles. The number of carbonyl (C=O) groups is 2. The summed E-state index contributed by atoms with van der Waals surface area (Å²) in [6.07, 6.45) is 2.09. The van der Waals surface area contributed by atoms with E-state index in [0.29, 0.717) is 29.3 Å². The Morgan fingerprint density at radius 1 is 1.18 bits per heavy atom. The molecule has 0 bridgehead atoms. The summed E-state index contributed by atoms with van der Waals surface area (Å²) in [6.45, 7) is 3.91. The molecule has 1 aromatic carbocycles. The maximum atomic E-state index is 12.2. The minimum Gasteiger partial charge on any atom is -0.454 e. The van der Waals surface area contributed by atoms with Gasteiger partial charge in [-0.05, 0) is 44.0 Å². The van der Waals surface area contributed by atoms with E-state index < -0.39 is 5.91 Å². The van der Waals surface area contributed by atoms with Gasteiger partial charge in [-0.1, -0.05) is 0 Å². The second kappa shape index (κ2) is 7.14. The molecule has 0 unspecified atom stereocenters. The van der Waals surface area contributed by atoms with Crippen molar-refractivity contribution in [2.75, 3.05) is 6.79 Å². The van der Waals surface area contributed by atoms with Crippen molar-refractivity contribution in [3.63, 3.8) is 0 Å². The van der Waals surface area contributed by atoms with Crippen LogP contribution in [-0.4, -0.2) is 38.2 Å². The SMILES string of the molecule is Cc1nc2ncnn2c(C)c1CCC(=O)NNC(=O)c1ccc2c(c1)OCO2. The molecule has 0 saturated heterocycles. The number of aromatic nitrogens is 4. The van der Waals surface area contributed by atoms with Crippen molar-refractivity contribution in [1.82, 2.24) is 30.4 Å². The minimum absolute atomic E-state index is 0.130. The normalized spacial score (nSPS) is 12.2. The number of fused-ring (bicyclic) bond motifs is 2. The van der Waals surface area contributed by atoms with Crippen LogP contribution < -0.4 is 20.3 Å². The van der Waals surface area contributed by atoms with Crippen molar-refractivity contribution in [2.45, 2.75) is 26.7 Å². The fourth-order valence-electron chi connectivity index (χ4n) is 3.05. The lowest BCUT2D eigenvalue weighted by molar-refractivity contribution is -0.121. The van der Waals surface area contributed by atoms with E-state index in [1.165, 1.54) is 6.33 Å². The maximum Gasteiger partial charge on any atom is 0.269 e. The van der Waals surface area contributed by atoms with E-state index in [1.54, 1.807) is 22.7 Å². The average Bonchev–Trinajstić information content (AvgIpc) is 3.34. The molecule has 2 amide bonds. The van der Waals surface area contributed by atoms with Gasteiger partial charge in [-0.2, -0.15) is 10.1 Å². The monoisotopic (exact) mass is 382 g/mol. The lowest BCUT2D eigenvalue weighted by Crippen LogP contribution is -2.41.